The van der Waals surface area contributed by atoms with Crippen molar-refractivity contribution in [1.82, 2.24) is 15.6 Å². The average Bonchev–Trinajstić information content (AvgIpc) is 3.67. The number of esters is 1. The summed E-state index contributed by atoms with van der Waals surface area (Å²) in [5.74, 6) is 0.503. The molecule has 11 heteroatoms. The van der Waals surface area contributed by atoms with E-state index in [1.807, 2.05) is 54.6 Å². The maximum absolute atomic E-state index is 13.0. The lowest BCUT2D eigenvalue weighted by Crippen LogP contribution is -2.32. The lowest BCUT2D eigenvalue weighted by Gasteiger charge is -2.21. The number of anilines is 1. The molecule has 0 unspecified atom stereocenters. The van der Waals surface area contributed by atoms with E-state index in [4.69, 9.17) is 9.47 Å². The molecule has 0 radical (unpaired) electrons. The van der Waals surface area contributed by atoms with Gasteiger partial charge in [0.1, 0.15) is 17.9 Å². The Morgan fingerprint density at radius 2 is 1.77 bits per heavy atom. The van der Waals surface area contributed by atoms with Crippen LogP contribution in [0.4, 0.5) is 11.4 Å². The molecule has 1 saturated carbocycles. The lowest BCUT2D eigenvalue weighted by molar-refractivity contribution is -0.383. The summed E-state index contributed by atoms with van der Waals surface area (Å²) in [6, 6.07) is 19.8. The largest absolute Gasteiger partial charge is 0.494 e. The first-order chi connectivity index (χ1) is 19.6. The summed E-state index contributed by atoms with van der Waals surface area (Å²) in [5.41, 5.74) is 2.80. The summed E-state index contributed by atoms with van der Waals surface area (Å²) < 4.78 is 16.3. The summed E-state index contributed by atoms with van der Waals surface area (Å²) in [6.45, 7) is 1.55. The molecular formula is C29H31N5O6. The maximum atomic E-state index is 13.0. The van der Waals surface area contributed by atoms with Gasteiger partial charge < -0.3 is 14.8 Å². The summed E-state index contributed by atoms with van der Waals surface area (Å²) in [7, 11) is 0. The Morgan fingerprint density at radius 1 is 1.02 bits per heavy atom. The van der Waals surface area contributed by atoms with E-state index in [-0.39, 0.29) is 23.3 Å². The van der Waals surface area contributed by atoms with E-state index < -0.39 is 11.0 Å². The molecule has 0 aliphatic heterocycles. The van der Waals surface area contributed by atoms with Crippen molar-refractivity contribution in [3.63, 3.8) is 0 Å². The number of nitro benzene ring substituents is 1. The highest BCUT2D eigenvalue weighted by Crippen LogP contribution is 2.29. The van der Waals surface area contributed by atoms with Crippen LogP contribution in [-0.4, -0.2) is 40.5 Å². The molecule has 40 heavy (non-hydrogen) atoms. The number of hydrogen-bond donors (Lipinski definition) is 2. The van der Waals surface area contributed by atoms with Gasteiger partial charge in [0.2, 0.25) is 5.52 Å². The number of hydrogen-bond acceptors (Lipinski definition) is 10. The van der Waals surface area contributed by atoms with Crippen molar-refractivity contribution in [3.05, 3.63) is 88.0 Å². The standard InChI is InChI=1S/C29H31N5O6/c35-29(39-23-9-4-5-10-23)26(21-7-2-1-3-8-21)31-19-20-11-13-22(14-12-20)38-18-6-17-30-24-15-16-25(34(36)37)28-27(24)32-40-33-28/h1-3,7-8,11-16,23,26,30-31H,4-6,9-10,17-19H2/t26-/m0/s1. The predicted molar refractivity (Wildman–Crippen MR) is 148 cm³/mol. The Hall–Kier alpha value is -4.51. The van der Waals surface area contributed by atoms with E-state index in [0.29, 0.717) is 37.3 Å². The number of ether oxygens (including phenoxy) is 2. The second kappa shape index (κ2) is 13.0. The van der Waals surface area contributed by atoms with E-state index in [1.165, 1.54) is 6.07 Å². The number of nitrogens with one attached hydrogen (secondary N) is 2. The van der Waals surface area contributed by atoms with Crippen LogP contribution in [0.25, 0.3) is 11.0 Å². The second-order valence-corrected chi connectivity index (χ2v) is 9.69. The van der Waals surface area contributed by atoms with Crippen LogP contribution in [0.1, 0.15) is 49.3 Å². The van der Waals surface area contributed by atoms with E-state index in [1.54, 1.807) is 6.07 Å². The summed E-state index contributed by atoms with van der Waals surface area (Å²) >= 11 is 0. The van der Waals surface area contributed by atoms with Crippen LogP contribution in [0.2, 0.25) is 0 Å². The second-order valence-electron chi connectivity index (χ2n) is 9.69. The zero-order valence-electron chi connectivity index (χ0n) is 22.0. The fraction of sp³-hybridized carbons (Fsp3) is 0.345. The van der Waals surface area contributed by atoms with Gasteiger partial charge in [-0.05, 0) is 71.7 Å². The van der Waals surface area contributed by atoms with Crippen molar-refractivity contribution in [1.29, 1.82) is 0 Å². The van der Waals surface area contributed by atoms with Gasteiger partial charge in [-0.25, -0.2) is 9.42 Å². The lowest BCUT2D eigenvalue weighted by atomic mass is 10.1. The van der Waals surface area contributed by atoms with Gasteiger partial charge in [-0.1, -0.05) is 42.5 Å². The molecule has 2 N–H and O–H groups in total. The quantitative estimate of drug-likeness (QED) is 0.0980. The van der Waals surface area contributed by atoms with Crippen LogP contribution in [0, 0.1) is 10.1 Å². The van der Waals surface area contributed by atoms with E-state index in [2.05, 4.69) is 25.6 Å². The Morgan fingerprint density at radius 3 is 2.52 bits per heavy atom. The number of aromatic nitrogens is 2. The average molecular weight is 546 g/mol. The zero-order chi connectivity index (χ0) is 27.7. The molecule has 1 fully saturated rings. The molecule has 0 amide bonds. The number of carbonyl (C=O) groups is 1. The first-order valence-corrected chi connectivity index (χ1v) is 13.4. The first kappa shape index (κ1) is 27.1. The summed E-state index contributed by atoms with van der Waals surface area (Å²) in [4.78, 5) is 23.6. The van der Waals surface area contributed by atoms with E-state index in [0.717, 1.165) is 42.6 Å². The van der Waals surface area contributed by atoms with Crippen LogP contribution in [-0.2, 0) is 16.1 Å². The molecule has 11 nitrogen and oxygen atoms in total. The third-order valence-corrected chi connectivity index (χ3v) is 6.88. The molecule has 4 aromatic rings. The number of rotatable bonds is 13. The SMILES string of the molecule is O=C(OC1CCCC1)[C@@H](NCc1ccc(OCCCNc2ccc([N+](=O)[O-])c3nonc23)cc1)c1ccccc1. The number of fused-ring (bicyclic) bond motifs is 1. The van der Waals surface area contributed by atoms with Gasteiger partial charge >= 0.3 is 11.7 Å². The van der Waals surface area contributed by atoms with Crippen LogP contribution < -0.4 is 15.4 Å². The monoisotopic (exact) mass is 545 g/mol. The maximum Gasteiger partial charge on any atom is 0.328 e. The smallest absolute Gasteiger partial charge is 0.328 e. The molecule has 1 aliphatic carbocycles. The number of nitro groups is 1. The Balaban J connectivity index is 1.09. The van der Waals surface area contributed by atoms with Gasteiger partial charge in [-0.15, -0.1) is 0 Å². The Bertz CT molecular complexity index is 1420. The fourth-order valence-electron chi connectivity index (χ4n) is 4.77. The third kappa shape index (κ3) is 6.73. The molecule has 1 atom stereocenters. The molecule has 5 rings (SSSR count). The van der Waals surface area contributed by atoms with Crippen molar-refractivity contribution in [2.45, 2.75) is 50.8 Å². The first-order valence-electron chi connectivity index (χ1n) is 13.4. The van der Waals surface area contributed by atoms with Gasteiger partial charge in [-0.2, -0.15) is 0 Å². The highest BCUT2D eigenvalue weighted by molar-refractivity contribution is 5.93. The van der Waals surface area contributed by atoms with Crippen molar-refractivity contribution in [2.75, 3.05) is 18.5 Å². The number of non-ortho nitro benzene ring substituents is 1. The minimum absolute atomic E-state index is 0.0154. The highest BCUT2D eigenvalue weighted by atomic mass is 16.6. The molecular weight excluding hydrogens is 514 g/mol. The van der Waals surface area contributed by atoms with Crippen molar-refractivity contribution in [2.24, 2.45) is 0 Å². The van der Waals surface area contributed by atoms with Gasteiger partial charge in [-0.3, -0.25) is 15.4 Å². The number of carbonyl (C=O) groups excluding carboxylic acids is 1. The summed E-state index contributed by atoms with van der Waals surface area (Å²) in [5, 5.41) is 25.1. The molecule has 0 spiro atoms. The molecule has 1 aliphatic rings. The van der Waals surface area contributed by atoms with Crippen LogP contribution in [0.5, 0.6) is 5.75 Å². The minimum Gasteiger partial charge on any atom is -0.494 e. The van der Waals surface area contributed by atoms with Gasteiger partial charge in [0, 0.05) is 19.2 Å². The molecule has 3 aromatic carbocycles. The molecule has 1 aromatic heterocycles. The Kier molecular flexibility index (Phi) is 8.82. The topological polar surface area (TPSA) is 142 Å². The Labute approximate surface area is 231 Å². The minimum atomic E-state index is -0.532. The van der Waals surface area contributed by atoms with Crippen LogP contribution in [0.3, 0.4) is 0 Å². The van der Waals surface area contributed by atoms with Gasteiger partial charge in [0.05, 0.1) is 17.2 Å². The van der Waals surface area contributed by atoms with Crippen molar-refractivity contribution >= 4 is 28.4 Å². The molecule has 0 saturated heterocycles. The fourth-order valence-corrected chi connectivity index (χ4v) is 4.77. The van der Waals surface area contributed by atoms with Gasteiger partial charge in [0.25, 0.3) is 0 Å². The zero-order valence-corrected chi connectivity index (χ0v) is 22.0. The van der Waals surface area contributed by atoms with Crippen LogP contribution >= 0.6 is 0 Å². The van der Waals surface area contributed by atoms with Crippen LogP contribution in [0.15, 0.2) is 71.4 Å². The van der Waals surface area contributed by atoms with E-state index in [9.17, 15) is 14.9 Å². The van der Waals surface area contributed by atoms with E-state index >= 15 is 0 Å². The third-order valence-electron chi connectivity index (χ3n) is 6.88. The number of nitrogens with zero attached hydrogens (tertiary/aromatic N) is 3. The van der Waals surface area contributed by atoms with Crippen molar-refractivity contribution in [3.8, 4) is 5.75 Å². The summed E-state index contributed by atoms with van der Waals surface area (Å²) in [6.07, 6.45) is 4.79. The van der Waals surface area contributed by atoms with Crippen molar-refractivity contribution < 1.29 is 23.8 Å². The number of benzene rings is 3. The van der Waals surface area contributed by atoms with Gasteiger partial charge in [0.15, 0.2) is 5.52 Å². The molecule has 1 heterocycles. The normalized spacial score (nSPS) is 14.2. The highest BCUT2D eigenvalue weighted by Gasteiger charge is 2.26. The predicted octanol–water partition coefficient (Wildman–Crippen LogP) is 5.33. The molecule has 0 bridgehead atoms. The molecule has 208 valence electrons.